The Hall–Kier alpha value is -2.04. The van der Waals surface area contributed by atoms with Gasteiger partial charge in [0.05, 0.1) is 12.8 Å². The van der Waals surface area contributed by atoms with Crippen molar-refractivity contribution in [2.75, 3.05) is 17.2 Å². The van der Waals surface area contributed by atoms with E-state index in [4.69, 9.17) is 4.42 Å². The van der Waals surface area contributed by atoms with Gasteiger partial charge in [-0.1, -0.05) is 13.8 Å². The van der Waals surface area contributed by atoms with Crippen LogP contribution in [0.2, 0.25) is 0 Å². The Morgan fingerprint density at radius 2 is 2.10 bits per heavy atom. The molecule has 2 rings (SSSR count). The summed E-state index contributed by atoms with van der Waals surface area (Å²) < 4.78 is 5.27. The van der Waals surface area contributed by atoms with E-state index < -0.39 is 0 Å². The third kappa shape index (κ3) is 4.57. The van der Waals surface area contributed by atoms with Crippen molar-refractivity contribution in [3.63, 3.8) is 0 Å². The van der Waals surface area contributed by atoms with E-state index in [0.717, 1.165) is 30.2 Å². The average Bonchev–Trinajstić information content (AvgIpc) is 2.88. The van der Waals surface area contributed by atoms with Gasteiger partial charge in [-0.2, -0.15) is 4.98 Å². The zero-order chi connectivity index (χ0) is 14.4. The van der Waals surface area contributed by atoms with Crippen LogP contribution in [0.4, 0.5) is 11.8 Å². The lowest BCUT2D eigenvalue weighted by Gasteiger charge is -2.10. The minimum absolute atomic E-state index is 0.585. The summed E-state index contributed by atoms with van der Waals surface area (Å²) in [5, 5.41) is 6.51. The fourth-order valence-electron chi connectivity index (χ4n) is 1.81. The van der Waals surface area contributed by atoms with E-state index in [1.54, 1.807) is 6.26 Å². The first kappa shape index (κ1) is 14.4. The second kappa shape index (κ2) is 6.93. The molecule has 0 aliphatic heterocycles. The van der Waals surface area contributed by atoms with Crippen LogP contribution in [-0.2, 0) is 6.54 Å². The molecule has 0 saturated carbocycles. The molecule has 0 unspecified atom stereocenters. The minimum atomic E-state index is 0.585. The number of furan rings is 1. The summed E-state index contributed by atoms with van der Waals surface area (Å²) in [7, 11) is 0. The maximum absolute atomic E-state index is 5.27. The molecule has 2 N–H and O–H groups in total. The van der Waals surface area contributed by atoms with Crippen molar-refractivity contribution in [3.05, 3.63) is 35.9 Å². The Morgan fingerprint density at radius 1 is 1.25 bits per heavy atom. The third-order valence-corrected chi connectivity index (χ3v) is 2.88. The standard InChI is InChI=1S/C15H22N4O/c1-11(2)6-7-16-14-9-12(3)18-15(19-14)17-10-13-5-4-8-20-13/h4-5,8-9,11H,6-7,10H2,1-3H3,(H2,16,17,18,19). The number of nitrogens with zero attached hydrogens (tertiary/aromatic N) is 2. The molecule has 0 spiro atoms. The Bertz CT molecular complexity index is 523. The van der Waals surface area contributed by atoms with Crippen LogP contribution in [0.3, 0.4) is 0 Å². The Kier molecular flexibility index (Phi) is 4.98. The Morgan fingerprint density at radius 3 is 2.80 bits per heavy atom. The van der Waals surface area contributed by atoms with Crippen molar-refractivity contribution in [1.82, 2.24) is 9.97 Å². The molecular weight excluding hydrogens is 252 g/mol. The van der Waals surface area contributed by atoms with E-state index in [1.165, 1.54) is 0 Å². The molecule has 0 saturated heterocycles. The van der Waals surface area contributed by atoms with Gasteiger partial charge in [0.1, 0.15) is 11.6 Å². The van der Waals surface area contributed by atoms with Crippen molar-refractivity contribution in [1.29, 1.82) is 0 Å². The number of rotatable bonds is 7. The van der Waals surface area contributed by atoms with Crippen LogP contribution in [0.25, 0.3) is 0 Å². The first-order valence-electron chi connectivity index (χ1n) is 6.99. The third-order valence-electron chi connectivity index (χ3n) is 2.88. The van der Waals surface area contributed by atoms with Crippen molar-refractivity contribution in [2.24, 2.45) is 5.92 Å². The second-order valence-corrected chi connectivity index (χ2v) is 5.26. The number of aromatic nitrogens is 2. The van der Waals surface area contributed by atoms with Crippen LogP contribution in [0.1, 0.15) is 31.7 Å². The highest BCUT2D eigenvalue weighted by atomic mass is 16.3. The van der Waals surface area contributed by atoms with Gasteiger partial charge in [-0.25, -0.2) is 4.98 Å². The molecule has 0 aromatic carbocycles. The fraction of sp³-hybridized carbons (Fsp3) is 0.467. The molecule has 0 atom stereocenters. The molecule has 0 fully saturated rings. The highest BCUT2D eigenvalue weighted by Gasteiger charge is 2.03. The zero-order valence-electron chi connectivity index (χ0n) is 12.3. The summed E-state index contributed by atoms with van der Waals surface area (Å²) in [4.78, 5) is 8.83. The Balaban J connectivity index is 1.93. The van der Waals surface area contributed by atoms with Crippen LogP contribution in [-0.4, -0.2) is 16.5 Å². The molecule has 2 aromatic rings. The summed E-state index contributed by atoms with van der Waals surface area (Å²) in [6.45, 7) is 7.90. The first-order chi connectivity index (χ1) is 9.63. The van der Waals surface area contributed by atoms with Gasteiger partial charge >= 0.3 is 0 Å². The number of nitrogens with one attached hydrogen (secondary N) is 2. The fourth-order valence-corrected chi connectivity index (χ4v) is 1.81. The van der Waals surface area contributed by atoms with Gasteiger partial charge in [0.25, 0.3) is 0 Å². The van der Waals surface area contributed by atoms with E-state index in [2.05, 4.69) is 34.4 Å². The smallest absolute Gasteiger partial charge is 0.225 e. The van der Waals surface area contributed by atoms with Crippen molar-refractivity contribution in [3.8, 4) is 0 Å². The predicted molar refractivity (Wildman–Crippen MR) is 80.7 cm³/mol. The summed E-state index contributed by atoms with van der Waals surface area (Å²) >= 11 is 0. The van der Waals surface area contributed by atoms with Crippen molar-refractivity contribution in [2.45, 2.75) is 33.7 Å². The lowest BCUT2D eigenvalue weighted by Crippen LogP contribution is -2.09. The maximum Gasteiger partial charge on any atom is 0.225 e. The van der Waals surface area contributed by atoms with Gasteiger partial charge < -0.3 is 15.1 Å². The van der Waals surface area contributed by atoms with Crippen molar-refractivity contribution >= 4 is 11.8 Å². The highest BCUT2D eigenvalue weighted by Crippen LogP contribution is 2.11. The molecule has 0 aliphatic carbocycles. The van der Waals surface area contributed by atoms with Gasteiger partial charge in [0.15, 0.2) is 0 Å². The lowest BCUT2D eigenvalue weighted by atomic mass is 10.1. The van der Waals surface area contributed by atoms with Gasteiger partial charge in [-0.15, -0.1) is 0 Å². The van der Waals surface area contributed by atoms with Gasteiger partial charge in [-0.3, -0.25) is 0 Å². The van der Waals surface area contributed by atoms with Crippen LogP contribution in [0.15, 0.2) is 28.9 Å². The molecule has 0 amide bonds. The number of anilines is 2. The summed E-state index contributed by atoms with van der Waals surface area (Å²) in [5.41, 5.74) is 0.939. The van der Waals surface area contributed by atoms with Crippen LogP contribution < -0.4 is 10.6 Å². The summed E-state index contributed by atoms with van der Waals surface area (Å²) in [6, 6.07) is 5.75. The summed E-state index contributed by atoms with van der Waals surface area (Å²) in [5.74, 6) is 3.03. The molecule has 0 bridgehead atoms. The van der Waals surface area contributed by atoms with E-state index >= 15 is 0 Å². The minimum Gasteiger partial charge on any atom is -0.467 e. The molecular formula is C15H22N4O. The second-order valence-electron chi connectivity index (χ2n) is 5.26. The van der Waals surface area contributed by atoms with E-state index in [1.807, 2.05) is 25.1 Å². The lowest BCUT2D eigenvalue weighted by molar-refractivity contribution is 0.517. The topological polar surface area (TPSA) is 63.0 Å². The van der Waals surface area contributed by atoms with E-state index in [0.29, 0.717) is 18.4 Å². The molecule has 108 valence electrons. The Labute approximate surface area is 119 Å². The summed E-state index contributed by atoms with van der Waals surface area (Å²) in [6.07, 6.45) is 2.78. The normalized spacial score (nSPS) is 10.8. The van der Waals surface area contributed by atoms with Crippen LogP contribution in [0, 0.1) is 12.8 Å². The molecule has 20 heavy (non-hydrogen) atoms. The molecule has 2 aromatic heterocycles. The molecule has 0 aliphatic rings. The average molecular weight is 274 g/mol. The number of hydrogen-bond donors (Lipinski definition) is 2. The van der Waals surface area contributed by atoms with E-state index in [9.17, 15) is 0 Å². The largest absolute Gasteiger partial charge is 0.467 e. The quantitative estimate of drug-likeness (QED) is 0.809. The first-order valence-corrected chi connectivity index (χ1v) is 6.99. The maximum atomic E-state index is 5.27. The number of aryl methyl sites for hydroxylation is 1. The number of hydrogen-bond acceptors (Lipinski definition) is 5. The van der Waals surface area contributed by atoms with Crippen LogP contribution in [0.5, 0.6) is 0 Å². The molecule has 0 radical (unpaired) electrons. The van der Waals surface area contributed by atoms with Gasteiger partial charge in [-0.05, 0) is 31.4 Å². The predicted octanol–water partition coefficient (Wildman–Crippen LogP) is 3.45. The SMILES string of the molecule is Cc1cc(NCCC(C)C)nc(NCc2ccco2)n1. The molecule has 2 heterocycles. The molecule has 5 heteroatoms. The van der Waals surface area contributed by atoms with Gasteiger partial charge in [0.2, 0.25) is 5.95 Å². The molecule has 5 nitrogen and oxygen atoms in total. The monoisotopic (exact) mass is 274 g/mol. The van der Waals surface area contributed by atoms with Crippen LogP contribution >= 0.6 is 0 Å². The van der Waals surface area contributed by atoms with E-state index in [-0.39, 0.29) is 0 Å². The highest BCUT2D eigenvalue weighted by molar-refractivity contribution is 5.42. The zero-order valence-corrected chi connectivity index (χ0v) is 12.3. The van der Waals surface area contributed by atoms with Gasteiger partial charge in [0, 0.05) is 18.3 Å². The van der Waals surface area contributed by atoms with Crippen molar-refractivity contribution < 1.29 is 4.42 Å².